The van der Waals surface area contributed by atoms with Crippen molar-refractivity contribution in [2.75, 3.05) is 39.8 Å². The Kier molecular flexibility index (Phi) is 10.8. The molecular formula is C21H26F6N4O5. The number of aliphatic carboxylic acids is 2. The van der Waals surface area contributed by atoms with Crippen LogP contribution in [0, 0.1) is 0 Å². The van der Waals surface area contributed by atoms with Crippen molar-refractivity contribution < 1.29 is 50.9 Å². The molecule has 36 heavy (non-hydrogen) atoms. The molecule has 1 aromatic rings. The second kappa shape index (κ2) is 12.7. The fraction of sp³-hybridized carbons (Fsp3) is 0.524. The topological polar surface area (TPSA) is 114 Å². The third-order valence-electron chi connectivity index (χ3n) is 5.33. The molecule has 3 heterocycles. The Morgan fingerprint density at radius 2 is 1.64 bits per heavy atom. The van der Waals surface area contributed by atoms with Crippen LogP contribution >= 0.6 is 0 Å². The van der Waals surface area contributed by atoms with E-state index in [1.807, 2.05) is 42.4 Å². The number of pyridine rings is 1. The van der Waals surface area contributed by atoms with Crippen LogP contribution in [-0.4, -0.2) is 105 Å². The van der Waals surface area contributed by atoms with Gasteiger partial charge in [0.15, 0.2) is 0 Å². The van der Waals surface area contributed by atoms with Crippen LogP contribution in [0.3, 0.4) is 0 Å². The zero-order valence-electron chi connectivity index (χ0n) is 19.2. The number of carboxylic acids is 2. The van der Waals surface area contributed by atoms with E-state index in [1.54, 1.807) is 0 Å². The number of likely N-dealkylation sites (tertiary alicyclic amines) is 1. The number of carboxylic acid groups (broad SMARTS) is 2. The molecule has 1 atom stereocenters. The number of amides is 1. The summed E-state index contributed by atoms with van der Waals surface area (Å²) in [6, 6.07) is 5.99. The predicted octanol–water partition coefficient (Wildman–Crippen LogP) is 2.25. The molecule has 15 heteroatoms. The van der Waals surface area contributed by atoms with Gasteiger partial charge in [0.2, 0.25) is 5.91 Å². The summed E-state index contributed by atoms with van der Waals surface area (Å²) in [6.07, 6.45) is -5.55. The summed E-state index contributed by atoms with van der Waals surface area (Å²) < 4.78 is 63.5. The molecule has 2 fully saturated rings. The molecular weight excluding hydrogens is 502 g/mol. The van der Waals surface area contributed by atoms with Crippen molar-refractivity contribution in [3.05, 3.63) is 42.7 Å². The molecule has 2 saturated heterocycles. The van der Waals surface area contributed by atoms with Crippen LogP contribution < -0.4 is 0 Å². The molecule has 1 aromatic heterocycles. The fourth-order valence-electron chi connectivity index (χ4n) is 3.66. The number of hydrogen-bond donors (Lipinski definition) is 2. The molecule has 2 N–H and O–H groups in total. The average Bonchev–Trinajstić information content (AvgIpc) is 3.19. The lowest BCUT2D eigenvalue weighted by Crippen LogP contribution is -2.66. The highest BCUT2D eigenvalue weighted by molar-refractivity contribution is 5.87. The SMILES string of the molecule is C=CCN1CCN(C)C(=O)C12CCN(Cc1ccccn1)C2.O=C(O)C(F)(F)F.O=C(O)C(F)(F)F. The first-order valence-corrected chi connectivity index (χ1v) is 10.4. The maximum atomic E-state index is 12.8. The van der Waals surface area contributed by atoms with Gasteiger partial charge in [-0.3, -0.25) is 19.6 Å². The molecule has 3 rings (SSSR count). The minimum atomic E-state index is -5.08. The second-order valence-electron chi connectivity index (χ2n) is 7.88. The number of likely N-dealkylation sites (N-methyl/N-ethyl adjacent to an activating group) is 1. The lowest BCUT2D eigenvalue weighted by molar-refractivity contribution is -0.193. The van der Waals surface area contributed by atoms with Crippen molar-refractivity contribution in [2.24, 2.45) is 0 Å². The van der Waals surface area contributed by atoms with Gasteiger partial charge in [-0.2, -0.15) is 26.3 Å². The van der Waals surface area contributed by atoms with Crippen LogP contribution in [0.4, 0.5) is 26.3 Å². The first-order valence-electron chi connectivity index (χ1n) is 10.4. The van der Waals surface area contributed by atoms with Gasteiger partial charge in [-0.05, 0) is 18.6 Å². The highest BCUT2D eigenvalue weighted by atomic mass is 19.4. The normalized spacial score (nSPS) is 20.8. The van der Waals surface area contributed by atoms with Crippen LogP contribution in [0.5, 0.6) is 0 Å². The van der Waals surface area contributed by atoms with Gasteiger partial charge in [-0.15, -0.1) is 6.58 Å². The lowest BCUT2D eigenvalue weighted by atomic mass is 9.91. The van der Waals surface area contributed by atoms with Crippen molar-refractivity contribution in [1.82, 2.24) is 19.7 Å². The number of aromatic nitrogens is 1. The quantitative estimate of drug-likeness (QED) is 0.452. The van der Waals surface area contributed by atoms with Gasteiger partial charge in [0.25, 0.3) is 0 Å². The van der Waals surface area contributed by atoms with E-state index in [0.717, 1.165) is 51.4 Å². The van der Waals surface area contributed by atoms with E-state index in [-0.39, 0.29) is 11.4 Å². The maximum Gasteiger partial charge on any atom is 0.490 e. The smallest absolute Gasteiger partial charge is 0.475 e. The zero-order valence-corrected chi connectivity index (χ0v) is 19.2. The van der Waals surface area contributed by atoms with E-state index in [4.69, 9.17) is 19.8 Å². The van der Waals surface area contributed by atoms with Crippen LogP contribution in [0.2, 0.25) is 0 Å². The van der Waals surface area contributed by atoms with Crippen molar-refractivity contribution in [1.29, 1.82) is 0 Å². The van der Waals surface area contributed by atoms with Gasteiger partial charge in [0, 0.05) is 52.5 Å². The summed E-state index contributed by atoms with van der Waals surface area (Å²) >= 11 is 0. The van der Waals surface area contributed by atoms with Crippen LogP contribution in [-0.2, 0) is 20.9 Å². The summed E-state index contributed by atoms with van der Waals surface area (Å²) in [4.78, 5) is 41.6. The molecule has 0 saturated carbocycles. The minimum Gasteiger partial charge on any atom is -0.475 e. The number of halogens is 6. The molecule has 1 spiro atoms. The molecule has 202 valence electrons. The average molecular weight is 528 g/mol. The molecule has 0 aromatic carbocycles. The fourth-order valence-corrected chi connectivity index (χ4v) is 3.66. The summed E-state index contributed by atoms with van der Waals surface area (Å²) in [6.45, 7) is 8.87. The monoisotopic (exact) mass is 528 g/mol. The van der Waals surface area contributed by atoms with E-state index in [9.17, 15) is 31.1 Å². The first kappa shape index (κ1) is 30.8. The van der Waals surface area contributed by atoms with Gasteiger partial charge < -0.3 is 15.1 Å². The third-order valence-corrected chi connectivity index (χ3v) is 5.33. The molecule has 1 unspecified atom stereocenters. The number of hydrogen-bond acceptors (Lipinski definition) is 6. The Bertz CT molecular complexity index is 888. The number of piperazine rings is 1. The zero-order chi connectivity index (χ0) is 27.7. The van der Waals surface area contributed by atoms with Crippen LogP contribution in [0.15, 0.2) is 37.1 Å². The molecule has 0 bridgehead atoms. The minimum absolute atomic E-state index is 0.254. The standard InChI is InChI=1S/C17H24N4O.2C2HF3O2/c1-3-9-21-12-11-19(2)16(22)17(21)7-10-20(14-17)13-15-6-4-5-8-18-15;2*3-2(4,5)1(6)7/h3-6,8H,1,7,9-14H2,2H3;2*(H,6,7). The van der Waals surface area contributed by atoms with Gasteiger partial charge in [0.05, 0.1) is 5.69 Å². The van der Waals surface area contributed by atoms with Crippen molar-refractivity contribution in [3.8, 4) is 0 Å². The lowest BCUT2D eigenvalue weighted by Gasteiger charge is -2.46. The van der Waals surface area contributed by atoms with Crippen LogP contribution in [0.25, 0.3) is 0 Å². The Morgan fingerprint density at radius 3 is 2.08 bits per heavy atom. The first-order chi connectivity index (χ1) is 16.5. The van der Waals surface area contributed by atoms with E-state index >= 15 is 0 Å². The van der Waals surface area contributed by atoms with Crippen molar-refractivity contribution >= 4 is 17.8 Å². The number of nitrogens with zero attached hydrogens (tertiary/aromatic N) is 4. The molecule has 0 aliphatic carbocycles. The van der Waals surface area contributed by atoms with Gasteiger partial charge in [0.1, 0.15) is 5.54 Å². The van der Waals surface area contributed by atoms with E-state index in [2.05, 4.69) is 21.4 Å². The summed E-state index contributed by atoms with van der Waals surface area (Å²) in [5.74, 6) is -5.26. The Labute approximate surface area is 202 Å². The number of rotatable bonds is 4. The highest BCUT2D eigenvalue weighted by Gasteiger charge is 2.52. The van der Waals surface area contributed by atoms with Gasteiger partial charge >= 0.3 is 24.3 Å². The Balaban J connectivity index is 0.000000383. The summed E-state index contributed by atoms with van der Waals surface area (Å²) in [5, 5.41) is 14.2. The molecule has 2 aliphatic rings. The number of carbonyl (C=O) groups excluding carboxylic acids is 1. The maximum absolute atomic E-state index is 12.8. The summed E-state index contributed by atoms with van der Waals surface area (Å²) in [7, 11) is 1.91. The number of alkyl halides is 6. The molecule has 9 nitrogen and oxygen atoms in total. The van der Waals surface area contributed by atoms with Crippen molar-refractivity contribution in [3.63, 3.8) is 0 Å². The van der Waals surface area contributed by atoms with Crippen LogP contribution in [0.1, 0.15) is 12.1 Å². The summed E-state index contributed by atoms with van der Waals surface area (Å²) in [5.41, 5.74) is 0.683. The third kappa shape index (κ3) is 8.78. The Hall–Kier alpha value is -3.20. The molecule has 2 aliphatic heterocycles. The van der Waals surface area contributed by atoms with E-state index in [1.165, 1.54) is 0 Å². The van der Waals surface area contributed by atoms with Gasteiger partial charge in [-0.25, -0.2) is 9.59 Å². The largest absolute Gasteiger partial charge is 0.490 e. The van der Waals surface area contributed by atoms with Crippen molar-refractivity contribution in [2.45, 2.75) is 30.9 Å². The molecule has 1 amide bonds. The van der Waals surface area contributed by atoms with E-state index < -0.39 is 24.3 Å². The molecule has 0 radical (unpaired) electrons. The van der Waals surface area contributed by atoms with Gasteiger partial charge in [-0.1, -0.05) is 12.1 Å². The number of carbonyl (C=O) groups is 3. The predicted molar refractivity (Wildman–Crippen MR) is 114 cm³/mol. The van der Waals surface area contributed by atoms with E-state index in [0.29, 0.717) is 0 Å². The Morgan fingerprint density at radius 1 is 1.08 bits per heavy atom. The highest BCUT2D eigenvalue weighted by Crippen LogP contribution is 2.33. The second-order valence-corrected chi connectivity index (χ2v) is 7.88.